The van der Waals surface area contributed by atoms with Gasteiger partial charge in [-0.15, -0.1) is 0 Å². The second-order valence-corrected chi connectivity index (χ2v) is 10.5. The molecule has 8 nitrogen and oxygen atoms in total. The first-order valence-electron chi connectivity index (χ1n) is 11.6. The molecular formula is C26H22F3N5O3S. The molecule has 2 aromatic carbocycles. The minimum absolute atomic E-state index is 0.0191. The van der Waals surface area contributed by atoms with Gasteiger partial charge in [0.15, 0.2) is 10.8 Å². The Morgan fingerprint density at radius 2 is 1.89 bits per heavy atom. The number of nitrogens with zero attached hydrogens (tertiary/aromatic N) is 3. The fourth-order valence-corrected chi connectivity index (χ4v) is 5.52. The number of anilines is 1. The van der Waals surface area contributed by atoms with Crippen molar-refractivity contribution in [2.45, 2.75) is 25.0 Å². The zero-order valence-electron chi connectivity index (χ0n) is 20.0. The summed E-state index contributed by atoms with van der Waals surface area (Å²) in [5, 5.41) is 13.4. The van der Waals surface area contributed by atoms with E-state index >= 15 is 0 Å². The highest BCUT2D eigenvalue weighted by molar-refractivity contribution is 7.22. The summed E-state index contributed by atoms with van der Waals surface area (Å²) in [4.78, 5) is 34.6. The van der Waals surface area contributed by atoms with Crippen LogP contribution in [0.4, 0.5) is 18.3 Å². The first-order chi connectivity index (χ1) is 18.0. The summed E-state index contributed by atoms with van der Waals surface area (Å²) in [5.41, 5.74) is 5.97. The van der Waals surface area contributed by atoms with Crippen molar-refractivity contribution in [3.8, 4) is 11.1 Å². The molecule has 5 rings (SSSR count). The van der Waals surface area contributed by atoms with Crippen LogP contribution in [0.1, 0.15) is 34.6 Å². The number of fused-ring (bicyclic) bond motifs is 1. The second kappa shape index (κ2) is 9.69. The van der Waals surface area contributed by atoms with Crippen LogP contribution >= 0.6 is 11.3 Å². The Balaban J connectivity index is 1.66. The number of thiazole rings is 1. The number of hydrogen-bond donors (Lipinski definition) is 3. The number of halogens is 3. The van der Waals surface area contributed by atoms with E-state index in [1.807, 2.05) is 4.90 Å². The standard InChI is InChI=1S/C26H22F3N5O3S/c1-26(37)10-34(11-26)25-33-24-21(38-25)9-17(14-2-3-19(29)18(7-14)23(30)36)22(32-24)20(31-12-35)6-13-4-15(27)8-16(28)5-13/h2-5,7-9,12,20,37H,6,10-11H2,1H3,(H2,30,36)(H,31,35). The third-order valence-corrected chi connectivity index (χ3v) is 7.29. The summed E-state index contributed by atoms with van der Waals surface area (Å²) in [6, 6.07) is 7.79. The lowest BCUT2D eigenvalue weighted by Gasteiger charge is -2.43. The van der Waals surface area contributed by atoms with Crippen LogP contribution in [0.15, 0.2) is 42.5 Å². The number of hydrogen-bond acceptors (Lipinski definition) is 7. The Kier molecular flexibility index (Phi) is 6.53. The molecule has 0 bridgehead atoms. The number of amides is 2. The highest BCUT2D eigenvalue weighted by atomic mass is 32.1. The molecule has 0 spiro atoms. The molecule has 4 aromatic rings. The van der Waals surface area contributed by atoms with E-state index in [1.54, 1.807) is 13.0 Å². The molecule has 0 radical (unpaired) electrons. The van der Waals surface area contributed by atoms with Crippen molar-refractivity contribution in [3.05, 3.63) is 76.7 Å². The highest BCUT2D eigenvalue weighted by Gasteiger charge is 2.38. The number of nitrogens with one attached hydrogen (secondary N) is 1. The zero-order valence-corrected chi connectivity index (χ0v) is 20.9. The lowest BCUT2D eigenvalue weighted by Crippen LogP contribution is -2.60. The number of rotatable bonds is 8. The topological polar surface area (TPSA) is 121 Å². The average Bonchev–Trinajstić information content (AvgIpc) is 3.24. The van der Waals surface area contributed by atoms with E-state index in [0.717, 1.165) is 24.3 Å². The number of aliphatic hydroxyl groups is 1. The maximum atomic E-state index is 14.3. The number of carbonyl (C=O) groups is 2. The van der Waals surface area contributed by atoms with E-state index in [2.05, 4.69) is 10.3 Å². The number of carbonyl (C=O) groups excluding carboxylic acids is 2. The van der Waals surface area contributed by atoms with Crippen LogP contribution in [-0.4, -0.2) is 46.1 Å². The maximum Gasteiger partial charge on any atom is 0.251 e. The van der Waals surface area contributed by atoms with E-state index in [0.29, 0.717) is 51.8 Å². The molecule has 0 aliphatic carbocycles. The summed E-state index contributed by atoms with van der Waals surface area (Å²) in [6.45, 7) is 2.51. The molecule has 1 aliphatic heterocycles. The van der Waals surface area contributed by atoms with Gasteiger partial charge in [0.05, 0.1) is 40.7 Å². The largest absolute Gasteiger partial charge is 0.386 e. The molecule has 1 saturated heterocycles. The van der Waals surface area contributed by atoms with Gasteiger partial charge in [-0.2, -0.15) is 4.98 Å². The van der Waals surface area contributed by atoms with Crippen molar-refractivity contribution in [1.29, 1.82) is 0 Å². The van der Waals surface area contributed by atoms with Crippen molar-refractivity contribution < 1.29 is 27.9 Å². The molecule has 12 heteroatoms. The predicted molar refractivity (Wildman–Crippen MR) is 136 cm³/mol. The smallest absolute Gasteiger partial charge is 0.251 e. The van der Waals surface area contributed by atoms with Gasteiger partial charge in [0.1, 0.15) is 17.5 Å². The van der Waals surface area contributed by atoms with E-state index < -0.39 is 35.0 Å². The van der Waals surface area contributed by atoms with Gasteiger partial charge in [-0.25, -0.2) is 18.2 Å². The molecule has 4 N–H and O–H groups in total. The van der Waals surface area contributed by atoms with E-state index in [1.165, 1.54) is 23.5 Å². The first kappa shape index (κ1) is 25.6. The Morgan fingerprint density at radius 3 is 2.53 bits per heavy atom. The van der Waals surface area contributed by atoms with Crippen molar-refractivity contribution in [2.24, 2.45) is 5.73 Å². The normalized spacial score (nSPS) is 15.2. The molecule has 1 fully saturated rings. The summed E-state index contributed by atoms with van der Waals surface area (Å²) >= 11 is 1.33. The van der Waals surface area contributed by atoms with Gasteiger partial charge in [0.2, 0.25) is 6.41 Å². The van der Waals surface area contributed by atoms with Gasteiger partial charge >= 0.3 is 0 Å². The van der Waals surface area contributed by atoms with E-state index in [-0.39, 0.29) is 17.5 Å². The fourth-order valence-electron chi connectivity index (χ4n) is 4.57. The number of nitrogens with two attached hydrogens (primary N) is 1. The van der Waals surface area contributed by atoms with Crippen LogP contribution in [0.2, 0.25) is 0 Å². The lowest BCUT2D eigenvalue weighted by atomic mass is 9.94. The summed E-state index contributed by atoms with van der Waals surface area (Å²) in [5.74, 6) is -3.29. The van der Waals surface area contributed by atoms with E-state index in [9.17, 15) is 27.9 Å². The summed E-state index contributed by atoms with van der Waals surface area (Å²) < 4.78 is 42.7. The number of primary amides is 1. The third kappa shape index (κ3) is 5.04. The minimum Gasteiger partial charge on any atom is -0.386 e. The number of β-amino-alcohol motifs (C(OH)–C–C–N with tert-alkyl or cyclic N) is 1. The number of pyridine rings is 1. The molecular weight excluding hydrogens is 519 g/mol. The maximum absolute atomic E-state index is 14.3. The minimum atomic E-state index is -0.956. The van der Waals surface area contributed by atoms with Crippen LogP contribution in [-0.2, 0) is 11.2 Å². The molecule has 1 atom stereocenters. The first-order valence-corrected chi connectivity index (χ1v) is 12.4. The van der Waals surface area contributed by atoms with Gasteiger partial charge in [-0.3, -0.25) is 9.59 Å². The lowest BCUT2D eigenvalue weighted by molar-refractivity contribution is -0.110. The quantitative estimate of drug-likeness (QED) is 0.294. The van der Waals surface area contributed by atoms with Crippen LogP contribution in [0.5, 0.6) is 0 Å². The van der Waals surface area contributed by atoms with Crippen molar-refractivity contribution in [3.63, 3.8) is 0 Å². The Morgan fingerprint density at radius 1 is 1.18 bits per heavy atom. The van der Waals surface area contributed by atoms with Gasteiger partial charge < -0.3 is 21.1 Å². The van der Waals surface area contributed by atoms with Crippen molar-refractivity contribution >= 4 is 39.1 Å². The molecule has 196 valence electrons. The van der Waals surface area contributed by atoms with Crippen LogP contribution in [0.25, 0.3) is 21.5 Å². The molecule has 2 amide bonds. The molecule has 2 aromatic heterocycles. The van der Waals surface area contributed by atoms with Gasteiger partial charge in [-0.1, -0.05) is 17.4 Å². The molecule has 3 heterocycles. The number of benzene rings is 2. The van der Waals surface area contributed by atoms with Gasteiger partial charge in [0.25, 0.3) is 5.91 Å². The summed E-state index contributed by atoms with van der Waals surface area (Å²) in [6.07, 6.45) is 0.429. The highest BCUT2D eigenvalue weighted by Crippen LogP contribution is 2.38. The van der Waals surface area contributed by atoms with Crippen LogP contribution < -0.4 is 16.0 Å². The Bertz CT molecular complexity index is 1550. The summed E-state index contributed by atoms with van der Waals surface area (Å²) in [7, 11) is 0. The Labute approximate surface area is 218 Å². The zero-order chi connectivity index (χ0) is 27.2. The van der Waals surface area contributed by atoms with Gasteiger partial charge in [-0.05, 0) is 54.8 Å². The molecule has 1 aliphatic rings. The molecule has 38 heavy (non-hydrogen) atoms. The van der Waals surface area contributed by atoms with Gasteiger partial charge in [0, 0.05) is 11.6 Å². The SMILES string of the molecule is CC1(O)CN(c2nc3nc(C(Cc4cc(F)cc(F)c4)NC=O)c(-c4ccc(F)c(C(N)=O)c4)cc3s2)C1. The second-order valence-electron chi connectivity index (χ2n) is 9.47. The third-order valence-electron chi connectivity index (χ3n) is 6.24. The predicted octanol–water partition coefficient (Wildman–Crippen LogP) is 3.48. The molecule has 1 unspecified atom stereocenters. The average molecular weight is 542 g/mol. The van der Waals surface area contributed by atoms with Crippen LogP contribution in [0.3, 0.4) is 0 Å². The van der Waals surface area contributed by atoms with Crippen LogP contribution in [0, 0.1) is 17.5 Å². The van der Waals surface area contributed by atoms with E-state index in [4.69, 9.17) is 10.7 Å². The fraction of sp³-hybridized carbons (Fsp3) is 0.231. The molecule has 0 saturated carbocycles. The van der Waals surface area contributed by atoms with Crippen molar-refractivity contribution in [2.75, 3.05) is 18.0 Å². The monoisotopic (exact) mass is 541 g/mol. The number of aromatic nitrogens is 2. The van der Waals surface area contributed by atoms with Crippen molar-refractivity contribution in [1.82, 2.24) is 15.3 Å². The Hall–Kier alpha value is -4.03.